The number of para-hydroxylation sites is 1. The van der Waals surface area contributed by atoms with Gasteiger partial charge in [-0.05, 0) is 126 Å². The van der Waals surface area contributed by atoms with Gasteiger partial charge in [0.15, 0.2) is 5.96 Å². The molecule has 28 nitrogen and oxygen atoms in total. The Morgan fingerprint density at radius 1 is 0.644 bits per heavy atom. The SMILES string of the molecule is CC[C@H](C)[C@H](NC(=O)[C@H](CCSC)NC(=O)[C@H](CCCN=C(N)N)NC(=O)[C@H](C)NC(=O)[C@H](Cc1c[nH]c2ccccc12)NC(=O)[C@H](CC(C)C)NC(=O)[C@@H](NC(=O)[C@@H]1CCCN1C(=O)[C@H](C)N)[C@@H](C)O)C(=O)N[C@@H](CC(C)C)C(=O)N[C@@H](CCSC)C(=O)O. The lowest BCUT2D eigenvalue weighted by molar-refractivity contribution is -0.142. The number of carbonyl (C=O) groups excluding carboxylic acids is 10. The van der Waals surface area contributed by atoms with Crippen LogP contribution in [0.25, 0.3) is 10.9 Å². The first-order chi connectivity index (χ1) is 42.4. The zero-order valence-corrected chi connectivity index (χ0v) is 55.4. The highest BCUT2D eigenvalue weighted by atomic mass is 32.2. The monoisotopic (exact) mass is 1300 g/mol. The molecule has 18 N–H and O–H groups in total. The molecule has 1 aromatic heterocycles. The molecule has 2 aromatic rings. The van der Waals surface area contributed by atoms with Crippen molar-refractivity contribution in [2.45, 2.75) is 199 Å². The minimum Gasteiger partial charge on any atom is -0.480 e. The van der Waals surface area contributed by atoms with Gasteiger partial charge in [0.1, 0.15) is 60.4 Å². The van der Waals surface area contributed by atoms with E-state index >= 15 is 0 Å². The molecule has 1 saturated heterocycles. The number of aliphatic imine (C=N–C) groups is 1. The van der Waals surface area contributed by atoms with Crippen molar-refractivity contribution in [3.63, 3.8) is 0 Å². The second-order valence-electron chi connectivity index (χ2n) is 23.8. The van der Waals surface area contributed by atoms with E-state index in [4.69, 9.17) is 17.2 Å². The number of aromatic nitrogens is 1. The fourth-order valence-electron chi connectivity index (χ4n) is 10.1. The van der Waals surface area contributed by atoms with Gasteiger partial charge in [0.2, 0.25) is 59.1 Å². The van der Waals surface area contributed by atoms with Crippen LogP contribution in [0.1, 0.15) is 126 Å². The molecular weight excluding hydrogens is 1200 g/mol. The van der Waals surface area contributed by atoms with E-state index in [1.807, 2.05) is 38.3 Å². The summed E-state index contributed by atoms with van der Waals surface area (Å²) >= 11 is 2.80. The second kappa shape index (κ2) is 38.5. The number of carboxylic acids is 1. The number of hydrogen-bond donors (Lipinski definition) is 15. The van der Waals surface area contributed by atoms with Crippen LogP contribution in [0.2, 0.25) is 0 Å². The number of aliphatic carboxylic acids is 1. The van der Waals surface area contributed by atoms with Crippen molar-refractivity contribution in [1.29, 1.82) is 0 Å². The van der Waals surface area contributed by atoms with Crippen LogP contribution in [0.5, 0.6) is 0 Å². The van der Waals surface area contributed by atoms with Crippen LogP contribution in [0, 0.1) is 17.8 Å². The molecule has 90 heavy (non-hydrogen) atoms. The number of aromatic amines is 1. The van der Waals surface area contributed by atoms with Crippen LogP contribution in [0.3, 0.4) is 0 Å². The highest BCUT2D eigenvalue weighted by Gasteiger charge is 2.40. The van der Waals surface area contributed by atoms with Gasteiger partial charge in [-0.2, -0.15) is 23.5 Å². The molecular formula is C60H99N15O13S2. The standard InChI is InChI=1S/C60H99N15O13S2/c1-12-33(6)47(56(84)71-43(27-31(2)3)53(81)69-42(59(87)88)22-26-90-11)73-51(79)41(21-25-89-10)68-50(78)40(19-15-23-64-60(62)63)67-49(77)35(8)66-52(80)45(29-37-30-65-39-18-14-13-17-38(37)39)70-54(82)44(28-32(4)5)72-57(85)48(36(9)76)74-55(83)46-20-16-24-75(46)58(86)34(7)61/h13-14,17-18,30-36,40-48,65,76H,12,15-16,19-29,61H2,1-11H3,(H,66,80)(H,67,77)(H,68,78)(H,69,81)(H,70,82)(H,71,84)(H,72,85)(H,73,79)(H,74,83)(H,87,88)(H4,62,63,64)/t33-,34-,35-,36+,40-,41-,42-,43-,44-,45-,46-,47-,48-/m0/s1. The second-order valence-corrected chi connectivity index (χ2v) is 25.8. The molecule has 30 heteroatoms. The molecule has 3 rings (SSSR count). The topological polar surface area (TPSA) is 446 Å². The molecule has 0 radical (unpaired) electrons. The number of benzene rings is 1. The molecule has 504 valence electrons. The average molecular weight is 1300 g/mol. The Kier molecular flexibility index (Phi) is 33.0. The van der Waals surface area contributed by atoms with Crippen molar-refractivity contribution in [2.75, 3.05) is 37.1 Å². The zero-order valence-electron chi connectivity index (χ0n) is 53.8. The minimum absolute atomic E-state index is 0.0352. The molecule has 1 fully saturated rings. The number of thioether (sulfide) groups is 2. The Morgan fingerprint density at radius 3 is 1.69 bits per heavy atom. The summed E-state index contributed by atoms with van der Waals surface area (Å²) in [4.78, 5) is 161. The molecule has 0 aliphatic carbocycles. The van der Waals surface area contributed by atoms with E-state index in [0.717, 1.165) is 10.9 Å². The van der Waals surface area contributed by atoms with E-state index in [-0.39, 0.29) is 75.8 Å². The van der Waals surface area contributed by atoms with Gasteiger partial charge in [-0.15, -0.1) is 0 Å². The Balaban J connectivity index is 1.93. The summed E-state index contributed by atoms with van der Waals surface area (Å²) in [5.41, 5.74) is 18.3. The number of nitrogens with two attached hydrogens (primary N) is 3. The van der Waals surface area contributed by atoms with Crippen LogP contribution in [0.15, 0.2) is 35.5 Å². The number of aliphatic hydroxyl groups is 1. The number of nitrogens with one attached hydrogen (secondary N) is 10. The number of fused-ring (bicyclic) bond motifs is 1. The van der Waals surface area contributed by atoms with E-state index in [1.54, 1.807) is 46.2 Å². The number of guanidine groups is 1. The zero-order chi connectivity index (χ0) is 67.5. The Labute approximate surface area is 536 Å². The first kappa shape index (κ1) is 77.1. The van der Waals surface area contributed by atoms with E-state index in [0.29, 0.717) is 36.3 Å². The van der Waals surface area contributed by atoms with Crippen LogP contribution < -0.4 is 65.1 Å². The molecule has 13 atom stereocenters. The number of amides is 10. The average Bonchev–Trinajstić information content (AvgIpc) is 1.73. The highest BCUT2D eigenvalue weighted by Crippen LogP contribution is 2.22. The first-order valence-corrected chi connectivity index (χ1v) is 33.5. The molecule has 0 unspecified atom stereocenters. The molecule has 2 heterocycles. The summed E-state index contributed by atoms with van der Waals surface area (Å²) < 4.78 is 0. The van der Waals surface area contributed by atoms with Crippen molar-refractivity contribution in [3.8, 4) is 0 Å². The summed E-state index contributed by atoms with van der Waals surface area (Å²) in [6.07, 6.45) is 5.37. The highest BCUT2D eigenvalue weighted by molar-refractivity contribution is 7.98. The lowest BCUT2D eigenvalue weighted by atomic mass is 9.96. The van der Waals surface area contributed by atoms with Crippen molar-refractivity contribution in [1.82, 2.24) is 57.7 Å². The van der Waals surface area contributed by atoms with Gasteiger partial charge in [0.25, 0.3) is 0 Å². The Bertz CT molecular complexity index is 2780. The van der Waals surface area contributed by atoms with Crippen molar-refractivity contribution in [3.05, 3.63) is 36.0 Å². The molecule has 1 aliphatic rings. The number of carboxylic acid groups (broad SMARTS) is 1. The van der Waals surface area contributed by atoms with Crippen LogP contribution in [-0.4, -0.2) is 201 Å². The largest absolute Gasteiger partial charge is 0.480 e. The molecule has 0 spiro atoms. The van der Waals surface area contributed by atoms with Gasteiger partial charge in [-0.25, -0.2) is 4.79 Å². The number of aliphatic hydroxyl groups excluding tert-OH is 1. The van der Waals surface area contributed by atoms with Gasteiger partial charge < -0.3 is 85.1 Å². The summed E-state index contributed by atoms with van der Waals surface area (Å²) in [7, 11) is 0. The lowest BCUT2D eigenvalue weighted by Crippen LogP contribution is -2.61. The van der Waals surface area contributed by atoms with Gasteiger partial charge in [0, 0.05) is 36.6 Å². The maximum atomic E-state index is 14.6. The molecule has 0 bridgehead atoms. The van der Waals surface area contributed by atoms with E-state index in [1.165, 1.54) is 49.2 Å². The maximum absolute atomic E-state index is 14.6. The molecule has 1 aromatic carbocycles. The molecule has 10 amide bonds. The number of likely N-dealkylation sites (tertiary alicyclic amines) is 1. The van der Waals surface area contributed by atoms with Crippen LogP contribution >= 0.6 is 23.5 Å². The number of hydrogen-bond acceptors (Lipinski definition) is 16. The molecule has 0 saturated carbocycles. The van der Waals surface area contributed by atoms with Crippen molar-refractivity contribution >= 4 is 105 Å². The normalized spacial score (nSPS) is 17.1. The van der Waals surface area contributed by atoms with Crippen LogP contribution in [0.4, 0.5) is 0 Å². The smallest absolute Gasteiger partial charge is 0.326 e. The van der Waals surface area contributed by atoms with E-state index in [2.05, 4.69) is 57.8 Å². The van der Waals surface area contributed by atoms with Gasteiger partial charge in [-0.1, -0.05) is 66.2 Å². The van der Waals surface area contributed by atoms with Gasteiger partial charge in [0.05, 0.1) is 12.1 Å². The van der Waals surface area contributed by atoms with Crippen molar-refractivity contribution in [2.24, 2.45) is 39.9 Å². The fraction of sp³-hybridized carbons (Fsp3) is 0.667. The summed E-state index contributed by atoms with van der Waals surface area (Å²) in [5, 5.41) is 45.5. The third-order valence-corrected chi connectivity index (χ3v) is 16.6. The predicted molar refractivity (Wildman–Crippen MR) is 347 cm³/mol. The number of rotatable bonds is 39. The number of carbonyl (C=O) groups is 11. The Morgan fingerprint density at radius 2 is 1.14 bits per heavy atom. The lowest BCUT2D eigenvalue weighted by Gasteiger charge is -2.30. The minimum atomic E-state index is -1.57. The number of H-pyrrole nitrogens is 1. The maximum Gasteiger partial charge on any atom is 0.326 e. The van der Waals surface area contributed by atoms with Gasteiger partial charge in [-0.3, -0.25) is 52.9 Å². The van der Waals surface area contributed by atoms with E-state index in [9.17, 15) is 63.0 Å². The predicted octanol–water partition coefficient (Wildman–Crippen LogP) is -0.405. The Hall–Kier alpha value is -7.18. The molecule has 1 aliphatic heterocycles. The fourth-order valence-corrected chi connectivity index (χ4v) is 11.0. The van der Waals surface area contributed by atoms with Crippen LogP contribution in [-0.2, 0) is 59.2 Å². The van der Waals surface area contributed by atoms with Gasteiger partial charge >= 0.3 is 5.97 Å². The summed E-state index contributed by atoms with van der Waals surface area (Å²) in [6, 6.07) is -6.49. The summed E-state index contributed by atoms with van der Waals surface area (Å²) in [5.74, 6) is -8.96. The first-order valence-electron chi connectivity index (χ1n) is 30.7. The van der Waals surface area contributed by atoms with E-state index < -0.39 is 144 Å². The summed E-state index contributed by atoms with van der Waals surface area (Å²) in [6.45, 7) is 15.2. The quantitative estimate of drug-likeness (QED) is 0.0230. The van der Waals surface area contributed by atoms with Crippen molar-refractivity contribution < 1.29 is 63.0 Å². The third-order valence-electron chi connectivity index (χ3n) is 15.3. The number of nitrogens with zero attached hydrogens (tertiary/aromatic N) is 2. The third kappa shape index (κ3) is 24.9.